The summed E-state index contributed by atoms with van der Waals surface area (Å²) in [7, 11) is 1.65. The number of nitrogens with zero attached hydrogens (tertiary/aromatic N) is 4. The van der Waals surface area contributed by atoms with E-state index in [1.165, 1.54) is 17.5 Å². The van der Waals surface area contributed by atoms with Crippen LogP contribution in [0.2, 0.25) is 0 Å². The number of likely N-dealkylation sites (tertiary alicyclic amines) is 1. The van der Waals surface area contributed by atoms with E-state index in [1.807, 2.05) is 40.7 Å². The van der Waals surface area contributed by atoms with Crippen molar-refractivity contribution in [3.05, 3.63) is 40.8 Å². The largest absolute Gasteiger partial charge is 0.341 e. The van der Waals surface area contributed by atoms with Crippen molar-refractivity contribution in [2.45, 2.75) is 45.1 Å². The van der Waals surface area contributed by atoms with Crippen molar-refractivity contribution in [3.63, 3.8) is 0 Å². The van der Waals surface area contributed by atoms with Crippen molar-refractivity contribution in [3.8, 4) is 0 Å². The fraction of sp³-hybridized carbons (Fsp3) is 0.476. The van der Waals surface area contributed by atoms with Gasteiger partial charge in [0, 0.05) is 30.9 Å². The van der Waals surface area contributed by atoms with Crippen molar-refractivity contribution in [2.24, 2.45) is 7.05 Å². The molecule has 1 unspecified atom stereocenters. The molecule has 0 N–H and O–H groups in total. The van der Waals surface area contributed by atoms with Gasteiger partial charge in [-0.25, -0.2) is 4.68 Å². The highest BCUT2D eigenvalue weighted by Gasteiger charge is 2.29. The number of hydrogen-bond acceptors (Lipinski definition) is 3. The van der Waals surface area contributed by atoms with Gasteiger partial charge in [-0.1, -0.05) is 38.0 Å². The number of rotatable bonds is 3. The Bertz CT molecular complexity index is 1040. The van der Waals surface area contributed by atoms with Gasteiger partial charge in [-0.2, -0.15) is 5.10 Å². The number of aryl methyl sites for hydroxylation is 1. The normalized spacial score (nSPS) is 16.6. The van der Waals surface area contributed by atoms with Crippen LogP contribution in [0.4, 0.5) is 0 Å². The third kappa shape index (κ3) is 2.93. The van der Waals surface area contributed by atoms with Crippen molar-refractivity contribution >= 4 is 27.7 Å². The Morgan fingerprint density at radius 1 is 1.11 bits per heavy atom. The molecule has 1 atom stereocenters. The molecule has 6 heteroatoms. The lowest BCUT2D eigenvalue weighted by Crippen LogP contribution is -2.38. The molecule has 142 valence electrons. The fourth-order valence-electron chi connectivity index (χ4n) is 4.28. The molecule has 2 aromatic heterocycles. The molecule has 3 aromatic rings. The lowest BCUT2D eigenvalue weighted by atomic mass is 10.1. The third-order valence-corrected chi connectivity index (χ3v) is 5.71. The highest BCUT2D eigenvalue weighted by atomic mass is 16.2. The van der Waals surface area contributed by atoms with E-state index < -0.39 is 0 Å². The number of carbonyl (C=O) groups is 1. The summed E-state index contributed by atoms with van der Waals surface area (Å²) in [5.74, 6) is 0.126. The van der Waals surface area contributed by atoms with E-state index >= 15 is 0 Å². The van der Waals surface area contributed by atoms with Crippen molar-refractivity contribution in [2.75, 3.05) is 13.1 Å². The summed E-state index contributed by atoms with van der Waals surface area (Å²) in [6, 6.07) is 7.53. The fourth-order valence-corrected chi connectivity index (χ4v) is 4.28. The molecule has 0 spiro atoms. The quantitative estimate of drug-likeness (QED) is 0.715. The van der Waals surface area contributed by atoms with Crippen LogP contribution in [-0.4, -0.2) is 38.2 Å². The molecule has 0 aliphatic carbocycles. The van der Waals surface area contributed by atoms with E-state index in [0.29, 0.717) is 11.9 Å². The van der Waals surface area contributed by atoms with Gasteiger partial charge in [-0.15, -0.1) is 0 Å². The SMILES string of the molecule is CCC(C(=O)N1CCCCCC1)n1c2ccccc2c2cnn(C)c(=O)c21. The minimum atomic E-state index is -0.374. The highest BCUT2D eigenvalue weighted by Crippen LogP contribution is 2.31. The van der Waals surface area contributed by atoms with Gasteiger partial charge < -0.3 is 9.47 Å². The van der Waals surface area contributed by atoms with Crippen LogP contribution in [0.3, 0.4) is 0 Å². The molecule has 0 saturated carbocycles. The Morgan fingerprint density at radius 3 is 2.52 bits per heavy atom. The number of carbonyl (C=O) groups excluding carboxylic acids is 1. The van der Waals surface area contributed by atoms with Crippen LogP contribution in [0.5, 0.6) is 0 Å². The number of aromatic nitrogens is 3. The summed E-state index contributed by atoms with van der Waals surface area (Å²) in [6.07, 6.45) is 6.86. The summed E-state index contributed by atoms with van der Waals surface area (Å²) in [5, 5.41) is 5.99. The van der Waals surface area contributed by atoms with Gasteiger partial charge in [0.1, 0.15) is 11.6 Å². The molecular formula is C21H26N4O2. The smallest absolute Gasteiger partial charge is 0.291 e. The minimum Gasteiger partial charge on any atom is -0.341 e. The second kappa shape index (κ2) is 7.18. The molecule has 1 aliphatic rings. The Kier molecular flexibility index (Phi) is 4.72. The zero-order chi connectivity index (χ0) is 19.0. The van der Waals surface area contributed by atoms with Gasteiger partial charge in [0.15, 0.2) is 0 Å². The number of hydrogen-bond donors (Lipinski definition) is 0. The molecule has 6 nitrogen and oxygen atoms in total. The highest BCUT2D eigenvalue weighted by molar-refractivity contribution is 6.08. The molecule has 27 heavy (non-hydrogen) atoms. The molecule has 1 saturated heterocycles. The first-order chi connectivity index (χ1) is 13.1. The van der Waals surface area contributed by atoms with Gasteiger partial charge in [0.05, 0.1) is 11.7 Å². The Morgan fingerprint density at radius 2 is 1.81 bits per heavy atom. The maximum atomic E-state index is 13.4. The van der Waals surface area contributed by atoms with E-state index in [-0.39, 0.29) is 17.5 Å². The first-order valence-electron chi connectivity index (χ1n) is 9.87. The van der Waals surface area contributed by atoms with Crippen LogP contribution in [-0.2, 0) is 11.8 Å². The van der Waals surface area contributed by atoms with Gasteiger partial charge in [-0.3, -0.25) is 9.59 Å². The molecule has 0 radical (unpaired) electrons. The van der Waals surface area contributed by atoms with E-state index in [2.05, 4.69) is 5.10 Å². The van der Waals surface area contributed by atoms with Crippen molar-refractivity contribution < 1.29 is 4.79 Å². The number of fused-ring (bicyclic) bond motifs is 3. The minimum absolute atomic E-state index is 0.126. The first kappa shape index (κ1) is 17.8. The topological polar surface area (TPSA) is 60.1 Å². The zero-order valence-corrected chi connectivity index (χ0v) is 16.0. The summed E-state index contributed by atoms with van der Waals surface area (Å²) in [4.78, 5) is 28.4. The van der Waals surface area contributed by atoms with Gasteiger partial charge in [0.25, 0.3) is 5.56 Å². The second-order valence-corrected chi connectivity index (χ2v) is 7.39. The number of benzene rings is 1. The summed E-state index contributed by atoms with van der Waals surface area (Å²) in [6.45, 7) is 3.64. The Hall–Kier alpha value is -2.63. The number of amides is 1. The average Bonchev–Trinajstić information content (AvgIpc) is 2.84. The van der Waals surface area contributed by atoms with Crippen LogP contribution in [0.25, 0.3) is 21.8 Å². The Labute approximate surface area is 158 Å². The lowest BCUT2D eigenvalue weighted by molar-refractivity contribution is -0.134. The lowest BCUT2D eigenvalue weighted by Gasteiger charge is -2.27. The predicted octanol–water partition coefficient (Wildman–Crippen LogP) is 3.24. The summed E-state index contributed by atoms with van der Waals surface area (Å²) >= 11 is 0. The molecule has 1 fully saturated rings. The molecule has 3 heterocycles. The molecule has 4 rings (SSSR count). The molecule has 1 amide bonds. The predicted molar refractivity (Wildman–Crippen MR) is 107 cm³/mol. The van der Waals surface area contributed by atoms with E-state index in [4.69, 9.17) is 0 Å². The van der Waals surface area contributed by atoms with Crippen LogP contribution < -0.4 is 5.56 Å². The van der Waals surface area contributed by atoms with Crippen LogP contribution in [0.1, 0.15) is 45.1 Å². The molecular weight excluding hydrogens is 340 g/mol. The summed E-state index contributed by atoms with van der Waals surface area (Å²) in [5.41, 5.74) is 1.34. The van der Waals surface area contributed by atoms with Crippen LogP contribution >= 0.6 is 0 Å². The van der Waals surface area contributed by atoms with Crippen molar-refractivity contribution in [1.82, 2.24) is 19.2 Å². The molecule has 0 bridgehead atoms. The van der Waals surface area contributed by atoms with Crippen LogP contribution in [0.15, 0.2) is 35.3 Å². The van der Waals surface area contributed by atoms with Gasteiger partial charge in [-0.05, 0) is 25.3 Å². The zero-order valence-electron chi connectivity index (χ0n) is 16.0. The van der Waals surface area contributed by atoms with Gasteiger partial charge in [0.2, 0.25) is 5.91 Å². The first-order valence-corrected chi connectivity index (χ1v) is 9.87. The van der Waals surface area contributed by atoms with Gasteiger partial charge >= 0.3 is 0 Å². The number of para-hydroxylation sites is 1. The molecule has 1 aliphatic heterocycles. The third-order valence-electron chi connectivity index (χ3n) is 5.71. The van der Waals surface area contributed by atoms with Crippen molar-refractivity contribution in [1.29, 1.82) is 0 Å². The average molecular weight is 366 g/mol. The summed E-state index contributed by atoms with van der Waals surface area (Å²) < 4.78 is 3.31. The second-order valence-electron chi connectivity index (χ2n) is 7.39. The maximum absolute atomic E-state index is 13.4. The van der Waals surface area contributed by atoms with Crippen LogP contribution in [0, 0.1) is 0 Å². The standard InChI is InChI=1S/C21H26N4O2/c1-3-17(20(26)24-12-8-4-5-9-13-24)25-18-11-7-6-10-15(18)16-14-22-23(2)21(27)19(16)25/h6-7,10-11,14,17H,3-5,8-9,12-13H2,1-2H3. The van der Waals surface area contributed by atoms with E-state index in [0.717, 1.165) is 42.2 Å². The monoisotopic (exact) mass is 366 g/mol. The Balaban J connectivity index is 1.93. The maximum Gasteiger partial charge on any atom is 0.291 e. The van der Waals surface area contributed by atoms with E-state index in [1.54, 1.807) is 13.2 Å². The molecule has 1 aromatic carbocycles. The van der Waals surface area contributed by atoms with E-state index in [9.17, 15) is 9.59 Å².